The Balaban J connectivity index is 2.03. The van der Waals surface area contributed by atoms with Crippen LogP contribution < -0.4 is 5.32 Å². The van der Waals surface area contributed by atoms with E-state index in [4.69, 9.17) is 4.74 Å². The smallest absolute Gasteiger partial charge is 0.331 e. The molecule has 2 rings (SSSR count). The molecule has 0 aliphatic heterocycles. The van der Waals surface area contributed by atoms with Crippen molar-refractivity contribution in [3.05, 3.63) is 10.1 Å². The lowest BCUT2D eigenvalue weighted by Gasteiger charge is -2.35. The highest BCUT2D eigenvalue weighted by Gasteiger charge is 2.55. The Morgan fingerprint density at radius 2 is 2.00 bits per heavy atom. The van der Waals surface area contributed by atoms with Crippen molar-refractivity contribution in [2.24, 2.45) is 5.92 Å². The van der Waals surface area contributed by atoms with Crippen LogP contribution in [0.5, 0.6) is 0 Å². The third-order valence-corrected chi connectivity index (χ3v) is 4.10. The molecule has 0 saturated heterocycles. The average molecular weight is 284 g/mol. The van der Waals surface area contributed by atoms with E-state index in [1.54, 1.807) is 6.92 Å². The molecule has 0 bridgehead atoms. The highest BCUT2D eigenvalue weighted by atomic mass is 16.6. The number of amides is 1. The van der Waals surface area contributed by atoms with Crippen molar-refractivity contribution in [1.82, 2.24) is 5.32 Å². The van der Waals surface area contributed by atoms with Gasteiger partial charge in [-0.1, -0.05) is 19.3 Å². The molecule has 20 heavy (non-hydrogen) atoms. The zero-order chi connectivity index (χ0) is 14.8. The maximum atomic E-state index is 12.1. The standard InChI is InChI=1S/C13H20N2O5/c1-2-20-12(17)13(6-4-3-5-7-13)14-11(16)9-8-10(9)15(18)19/h9-10H,2-8H2,1H3,(H,14,16)/t9-,10+/m0/s1. The van der Waals surface area contributed by atoms with Crippen LogP contribution in [-0.2, 0) is 14.3 Å². The number of esters is 1. The van der Waals surface area contributed by atoms with E-state index in [1.165, 1.54) is 0 Å². The normalized spacial score (nSPS) is 27.4. The second kappa shape index (κ2) is 5.76. The summed E-state index contributed by atoms with van der Waals surface area (Å²) in [6, 6.07) is -0.794. The van der Waals surface area contributed by atoms with Crippen LogP contribution in [0.2, 0.25) is 0 Å². The third kappa shape index (κ3) is 2.91. The van der Waals surface area contributed by atoms with E-state index in [0.717, 1.165) is 19.3 Å². The van der Waals surface area contributed by atoms with Gasteiger partial charge in [-0.25, -0.2) is 4.79 Å². The minimum atomic E-state index is -0.977. The van der Waals surface area contributed by atoms with Crippen molar-refractivity contribution in [3.63, 3.8) is 0 Å². The van der Waals surface area contributed by atoms with Gasteiger partial charge in [0.25, 0.3) is 0 Å². The summed E-state index contributed by atoms with van der Waals surface area (Å²) in [7, 11) is 0. The molecule has 2 atom stereocenters. The van der Waals surface area contributed by atoms with Crippen molar-refractivity contribution < 1.29 is 19.2 Å². The largest absolute Gasteiger partial charge is 0.464 e. The summed E-state index contributed by atoms with van der Waals surface area (Å²) in [5.41, 5.74) is -0.977. The summed E-state index contributed by atoms with van der Waals surface area (Å²) in [4.78, 5) is 34.4. The zero-order valence-corrected chi connectivity index (χ0v) is 11.6. The minimum absolute atomic E-state index is 0.261. The van der Waals surface area contributed by atoms with E-state index in [1.807, 2.05) is 0 Å². The van der Waals surface area contributed by atoms with Gasteiger partial charge in [0.1, 0.15) is 11.5 Å². The quantitative estimate of drug-likeness (QED) is 0.462. The van der Waals surface area contributed by atoms with E-state index >= 15 is 0 Å². The Kier molecular flexibility index (Phi) is 4.25. The van der Waals surface area contributed by atoms with Crippen molar-refractivity contribution >= 4 is 11.9 Å². The predicted molar refractivity (Wildman–Crippen MR) is 69.5 cm³/mol. The number of hydrogen-bond acceptors (Lipinski definition) is 5. The first-order chi connectivity index (χ1) is 9.50. The van der Waals surface area contributed by atoms with Gasteiger partial charge in [-0.2, -0.15) is 0 Å². The highest BCUT2D eigenvalue weighted by Crippen LogP contribution is 2.36. The van der Waals surface area contributed by atoms with Gasteiger partial charge in [0.2, 0.25) is 11.9 Å². The second-order valence-corrected chi connectivity index (χ2v) is 5.55. The number of ether oxygens (including phenoxy) is 1. The molecule has 0 radical (unpaired) electrons. The summed E-state index contributed by atoms with van der Waals surface area (Å²) in [5, 5.41) is 13.4. The van der Waals surface area contributed by atoms with Gasteiger partial charge in [0, 0.05) is 11.3 Å². The molecule has 1 amide bonds. The number of rotatable bonds is 5. The van der Waals surface area contributed by atoms with Crippen LogP contribution in [0.25, 0.3) is 0 Å². The van der Waals surface area contributed by atoms with Crippen molar-refractivity contribution in [3.8, 4) is 0 Å². The molecule has 7 nitrogen and oxygen atoms in total. The van der Waals surface area contributed by atoms with Crippen molar-refractivity contribution in [1.29, 1.82) is 0 Å². The molecule has 2 saturated carbocycles. The summed E-state index contributed by atoms with van der Waals surface area (Å²) in [5.74, 6) is -1.40. The van der Waals surface area contributed by atoms with E-state index in [0.29, 0.717) is 12.8 Å². The van der Waals surface area contributed by atoms with Gasteiger partial charge >= 0.3 is 5.97 Å². The molecule has 2 aliphatic rings. The summed E-state index contributed by atoms with van der Waals surface area (Å²) in [6.45, 7) is 1.98. The average Bonchev–Trinajstić information content (AvgIpc) is 3.20. The van der Waals surface area contributed by atoms with Gasteiger partial charge in [-0.15, -0.1) is 0 Å². The lowest BCUT2D eigenvalue weighted by atomic mass is 9.81. The summed E-state index contributed by atoms with van der Waals surface area (Å²) >= 11 is 0. The molecule has 0 aromatic heterocycles. The molecule has 0 aromatic carbocycles. The number of carbonyl (C=O) groups is 2. The Labute approximate surface area is 117 Å². The van der Waals surface area contributed by atoms with Crippen LogP contribution in [0.3, 0.4) is 0 Å². The second-order valence-electron chi connectivity index (χ2n) is 5.55. The van der Waals surface area contributed by atoms with Crippen LogP contribution in [0.15, 0.2) is 0 Å². The van der Waals surface area contributed by atoms with Gasteiger partial charge in [0.15, 0.2) is 0 Å². The van der Waals surface area contributed by atoms with E-state index in [-0.39, 0.29) is 18.9 Å². The zero-order valence-electron chi connectivity index (χ0n) is 11.6. The van der Waals surface area contributed by atoms with Gasteiger partial charge in [-0.3, -0.25) is 14.9 Å². The third-order valence-electron chi connectivity index (χ3n) is 4.10. The number of nitrogens with one attached hydrogen (secondary N) is 1. The maximum absolute atomic E-state index is 12.1. The molecule has 0 aromatic rings. The number of nitrogens with zero attached hydrogens (tertiary/aromatic N) is 1. The number of carbonyl (C=O) groups excluding carboxylic acids is 2. The van der Waals surface area contributed by atoms with Crippen LogP contribution in [0.1, 0.15) is 45.4 Å². The van der Waals surface area contributed by atoms with Gasteiger partial charge in [0.05, 0.1) is 6.61 Å². The SMILES string of the molecule is CCOC(=O)C1(NC(=O)[C@H]2C[C@H]2[N+](=O)[O-])CCCCC1. The molecular formula is C13H20N2O5. The van der Waals surface area contributed by atoms with Crippen LogP contribution in [0, 0.1) is 16.0 Å². The fourth-order valence-corrected chi connectivity index (χ4v) is 2.83. The topological polar surface area (TPSA) is 98.5 Å². The van der Waals surface area contributed by atoms with Crippen LogP contribution in [0.4, 0.5) is 0 Å². The highest BCUT2D eigenvalue weighted by molar-refractivity contribution is 5.90. The van der Waals surface area contributed by atoms with Crippen molar-refractivity contribution in [2.45, 2.75) is 57.0 Å². The first-order valence-electron chi connectivity index (χ1n) is 7.13. The molecule has 0 heterocycles. The molecule has 2 aliphatic carbocycles. The summed E-state index contributed by atoms with van der Waals surface area (Å²) < 4.78 is 5.07. The lowest BCUT2D eigenvalue weighted by molar-refractivity contribution is -0.497. The van der Waals surface area contributed by atoms with Crippen molar-refractivity contribution in [2.75, 3.05) is 6.61 Å². The van der Waals surface area contributed by atoms with Gasteiger partial charge < -0.3 is 10.1 Å². The molecule has 0 unspecified atom stereocenters. The summed E-state index contributed by atoms with van der Waals surface area (Å²) in [6.07, 6.45) is 4.08. The van der Waals surface area contributed by atoms with Gasteiger partial charge in [-0.05, 0) is 19.8 Å². The Morgan fingerprint density at radius 1 is 1.35 bits per heavy atom. The Hall–Kier alpha value is -1.66. The first kappa shape index (κ1) is 14.7. The number of nitro groups is 1. The number of hydrogen-bond donors (Lipinski definition) is 1. The fraction of sp³-hybridized carbons (Fsp3) is 0.846. The molecule has 2 fully saturated rings. The monoisotopic (exact) mass is 284 g/mol. The Bertz CT molecular complexity index is 417. The first-order valence-corrected chi connectivity index (χ1v) is 7.13. The molecular weight excluding hydrogens is 264 g/mol. The van der Waals surface area contributed by atoms with E-state index in [9.17, 15) is 19.7 Å². The molecule has 0 spiro atoms. The molecule has 7 heteroatoms. The molecule has 112 valence electrons. The molecule has 1 N–H and O–H groups in total. The van der Waals surface area contributed by atoms with Crippen LogP contribution in [-0.4, -0.2) is 35.0 Å². The Morgan fingerprint density at radius 3 is 2.50 bits per heavy atom. The lowest BCUT2D eigenvalue weighted by Crippen LogP contribution is -2.57. The van der Waals surface area contributed by atoms with E-state index in [2.05, 4.69) is 5.32 Å². The van der Waals surface area contributed by atoms with Crippen LogP contribution >= 0.6 is 0 Å². The predicted octanol–water partition coefficient (Wildman–Crippen LogP) is 1.03. The maximum Gasteiger partial charge on any atom is 0.331 e. The fourth-order valence-electron chi connectivity index (χ4n) is 2.83. The minimum Gasteiger partial charge on any atom is -0.464 e. The van der Waals surface area contributed by atoms with E-state index < -0.39 is 28.4 Å².